The van der Waals surface area contributed by atoms with E-state index >= 15 is 0 Å². The van der Waals surface area contributed by atoms with E-state index in [1.165, 1.54) is 7.11 Å². The highest BCUT2D eigenvalue weighted by atomic mass is 16.5. The van der Waals surface area contributed by atoms with Gasteiger partial charge in [-0.1, -0.05) is 18.2 Å². The quantitative estimate of drug-likeness (QED) is 0.863. The lowest BCUT2D eigenvalue weighted by molar-refractivity contribution is 0.115. The van der Waals surface area contributed by atoms with E-state index < -0.39 is 0 Å². The summed E-state index contributed by atoms with van der Waals surface area (Å²) in [7, 11) is 3.10. The zero-order chi connectivity index (χ0) is 18.8. The average Bonchev–Trinajstić information content (AvgIpc) is 3.22. The van der Waals surface area contributed by atoms with Crippen molar-refractivity contribution in [2.45, 2.75) is 25.0 Å². The third-order valence-electron chi connectivity index (χ3n) is 4.85. The van der Waals surface area contributed by atoms with Crippen LogP contribution in [0.3, 0.4) is 0 Å². The van der Waals surface area contributed by atoms with Gasteiger partial charge in [0.2, 0.25) is 5.88 Å². The smallest absolute Gasteiger partial charge is 0.319 e. The summed E-state index contributed by atoms with van der Waals surface area (Å²) in [6, 6.07) is 5.98. The highest BCUT2D eigenvalue weighted by molar-refractivity contribution is 5.88. The molecular formula is C19H23N5O3. The van der Waals surface area contributed by atoms with Crippen molar-refractivity contribution >= 4 is 11.9 Å². The summed E-state index contributed by atoms with van der Waals surface area (Å²) >= 11 is 0. The fraction of sp³-hybridized carbons (Fsp3) is 0.421. The van der Waals surface area contributed by atoms with E-state index in [1.54, 1.807) is 19.5 Å². The molecule has 2 unspecified atom stereocenters. The minimum atomic E-state index is -0.272. The molecule has 1 aromatic carbocycles. The van der Waals surface area contributed by atoms with Crippen LogP contribution in [-0.2, 0) is 4.74 Å². The number of rotatable bonds is 5. The molecule has 2 atom stereocenters. The zero-order valence-electron chi connectivity index (χ0n) is 15.5. The van der Waals surface area contributed by atoms with Gasteiger partial charge in [0.1, 0.15) is 0 Å². The van der Waals surface area contributed by atoms with Crippen molar-refractivity contribution in [3.05, 3.63) is 30.0 Å². The van der Waals surface area contributed by atoms with Crippen LogP contribution in [0, 0.1) is 0 Å². The lowest BCUT2D eigenvalue weighted by Crippen LogP contribution is -2.33. The Kier molecular flexibility index (Phi) is 4.91. The molecule has 1 fully saturated rings. The molecule has 2 N–H and O–H groups in total. The van der Waals surface area contributed by atoms with Crippen LogP contribution in [0.4, 0.5) is 5.69 Å². The Bertz CT molecular complexity index is 851. The number of nitrogens with zero attached hydrogens (tertiary/aromatic N) is 4. The molecule has 4 rings (SSSR count). The second-order valence-electron chi connectivity index (χ2n) is 6.53. The molecule has 142 valence electrons. The maximum Gasteiger partial charge on any atom is 0.319 e. The van der Waals surface area contributed by atoms with Crippen molar-refractivity contribution in [3.63, 3.8) is 0 Å². The number of para-hydroxylation sites is 1. The molecule has 3 heterocycles. The van der Waals surface area contributed by atoms with Gasteiger partial charge in [0.15, 0.2) is 0 Å². The number of fused-ring (bicyclic) bond motifs is 1. The van der Waals surface area contributed by atoms with Crippen LogP contribution in [0.25, 0.3) is 11.1 Å². The minimum absolute atomic E-state index is 0.159. The summed E-state index contributed by atoms with van der Waals surface area (Å²) in [4.78, 5) is 8.57. The fourth-order valence-corrected chi connectivity index (χ4v) is 3.54. The molecule has 2 aromatic rings. The molecule has 8 heteroatoms. The monoisotopic (exact) mass is 369 g/mol. The molecule has 8 nitrogen and oxygen atoms in total. The van der Waals surface area contributed by atoms with Crippen molar-refractivity contribution in [1.29, 1.82) is 0 Å². The first-order chi connectivity index (χ1) is 13.2. The molecule has 2 aliphatic rings. The minimum Gasteiger partial charge on any atom is -0.480 e. The number of ether oxygens (including phenoxy) is 3. The normalized spacial score (nSPS) is 21.2. The van der Waals surface area contributed by atoms with Crippen molar-refractivity contribution in [2.75, 3.05) is 32.4 Å². The highest BCUT2D eigenvalue weighted by Crippen LogP contribution is 2.41. The number of benzene rings is 1. The predicted molar refractivity (Wildman–Crippen MR) is 102 cm³/mol. The van der Waals surface area contributed by atoms with Crippen molar-refractivity contribution in [1.82, 2.24) is 9.97 Å². The fourth-order valence-electron chi connectivity index (χ4n) is 3.54. The number of nitrogens with two attached hydrogens (primary N) is 1. The standard InChI is InChI=1S/C19H23N5O3/c1-25-18-15(9-21-19(23-18)26-2)13-6-3-7-14-16(20)10-22-24(17(13)14)11-12-5-4-8-27-12/h3,6-7,9-10,12,16H,4-5,8,11,20H2,1-2H3. The Hall–Kier alpha value is -2.71. The molecule has 1 saturated heterocycles. The highest BCUT2D eigenvalue weighted by Gasteiger charge is 2.28. The third kappa shape index (κ3) is 3.33. The number of hydrogen-bond acceptors (Lipinski definition) is 8. The van der Waals surface area contributed by atoms with E-state index in [-0.39, 0.29) is 18.2 Å². The molecule has 0 bridgehead atoms. The number of methoxy groups -OCH3 is 2. The first-order valence-electron chi connectivity index (χ1n) is 8.98. The first kappa shape index (κ1) is 17.7. The lowest BCUT2D eigenvalue weighted by Gasteiger charge is -2.31. The van der Waals surface area contributed by atoms with Gasteiger partial charge in [0, 0.05) is 30.1 Å². The second-order valence-corrected chi connectivity index (χ2v) is 6.53. The second kappa shape index (κ2) is 7.50. The average molecular weight is 369 g/mol. The molecule has 0 aliphatic carbocycles. The molecule has 2 aliphatic heterocycles. The van der Waals surface area contributed by atoms with Gasteiger partial charge in [-0.05, 0) is 12.8 Å². The van der Waals surface area contributed by atoms with Crippen LogP contribution in [0.2, 0.25) is 0 Å². The summed E-state index contributed by atoms with van der Waals surface area (Å²) in [6.45, 7) is 1.48. The summed E-state index contributed by atoms with van der Waals surface area (Å²) < 4.78 is 16.4. The third-order valence-corrected chi connectivity index (χ3v) is 4.85. The van der Waals surface area contributed by atoms with Crippen LogP contribution in [0.1, 0.15) is 24.4 Å². The largest absolute Gasteiger partial charge is 0.480 e. The lowest BCUT2D eigenvalue weighted by atomic mass is 9.96. The van der Waals surface area contributed by atoms with E-state index in [4.69, 9.17) is 19.9 Å². The molecule has 0 radical (unpaired) electrons. The maximum absolute atomic E-state index is 6.29. The Balaban J connectivity index is 1.80. The zero-order valence-corrected chi connectivity index (χ0v) is 15.5. The number of hydrazone groups is 1. The van der Waals surface area contributed by atoms with E-state index in [0.29, 0.717) is 12.4 Å². The van der Waals surface area contributed by atoms with E-state index in [1.807, 2.05) is 23.2 Å². The Labute approximate surface area is 158 Å². The van der Waals surface area contributed by atoms with Crippen LogP contribution < -0.4 is 20.2 Å². The van der Waals surface area contributed by atoms with Gasteiger partial charge >= 0.3 is 6.01 Å². The predicted octanol–water partition coefficient (Wildman–Crippen LogP) is 2.15. The Morgan fingerprint density at radius 1 is 1.26 bits per heavy atom. The van der Waals surface area contributed by atoms with E-state index in [0.717, 1.165) is 41.8 Å². The molecule has 0 amide bonds. The van der Waals surface area contributed by atoms with Gasteiger partial charge < -0.3 is 19.9 Å². The number of hydrogen-bond donors (Lipinski definition) is 1. The van der Waals surface area contributed by atoms with Gasteiger partial charge in [0.25, 0.3) is 0 Å². The van der Waals surface area contributed by atoms with Crippen LogP contribution in [0.15, 0.2) is 29.5 Å². The van der Waals surface area contributed by atoms with Gasteiger partial charge in [-0.15, -0.1) is 0 Å². The van der Waals surface area contributed by atoms with Crippen LogP contribution >= 0.6 is 0 Å². The molecule has 1 aromatic heterocycles. The molecule has 27 heavy (non-hydrogen) atoms. The van der Waals surface area contributed by atoms with E-state index in [9.17, 15) is 0 Å². The van der Waals surface area contributed by atoms with Gasteiger partial charge in [0.05, 0.1) is 44.2 Å². The summed E-state index contributed by atoms with van der Waals surface area (Å²) in [6.07, 6.45) is 5.74. The van der Waals surface area contributed by atoms with Gasteiger partial charge in [-0.3, -0.25) is 5.01 Å². The Morgan fingerprint density at radius 2 is 2.15 bits per heavy atom. The van der Waals surface area contributed by atoms with E-state index in [2.05, 4.69) is 15.1 Å². The van der Waals surface area contributed by atoms with Crippen LogP contribution in [0.5, 0.6) is 11.9 Å². The maximum atomic E-state index is 6.29. The summed E-state index contributed by atoms with van der Waals surface area (Å²) in [5.41, 5.74) is 9.90. The number of aromatic nitrogens is 2. The van der Waals surface area contributed by atoms with Crippen molar-refractivity contribution in [2.24, 2.45) is 10.8 Å². The molecular weight excluding hydrogens is 346 g/mol. The van der Waals surface area contributed by atoms with Gasteiger partial charge in [-0.25, -0.2) is 4.98 Å². The number of anilines is 1. The SMILES string of the molecule is COc1ncc(-c2cccc3c2N(CC2CCCO2)N=CC3N)c(OC)n1. The van der Waals surface area contributed by atoms with Crippen molar-refractivity contribution in [3.8, 4) is 23.0 Å². The van der Waals surface area contributed by atoms with Gasteiger partial charge in [-0.2, -0.15) is 10.1 Å². The van der Waals surface area contributed by atoms with Crippen LogP contribution in [-0.4, -0.2) is 49.7 Å². The molecule has 0 saturated carbocycles. The molecule has 0 spiro atoms. The summed E-state index contributed by atoms with van der Waals surface area (Å²) in [5.74, 6) is 0.440. The topological polar surface area (TPSA) is 95.1 Å². The van der Waals surface area contributed by atoms with Crippen molar-refractivity contribution < 1.29 is 14.2 Å². The summed E-state index contributed by atoms with van der Waals surface area (Å²) in [5, 5.41) is 6.55. The Morgan fingerprint density at radius 3 is 2.89 bits per heavy atom. The first-order valence-corrected chi connectivity index (χ1v) is 8.98.